The molecule has 1 heterocycles. The Bertz CT molecular complexity index is 469. The zero-order valence-electron chi connectivity index (χ0n) is 12.1. The summed E-state index contributed by atoms with van der Waals surface area (Å²) in [6.07, 6.45) is 7.03. The van der Waals surface area contributed by atoms with Gasteiger partial charge in [-0.1, -0.05) is 39.7 Å². The molecule has 104 valence electrons. The van der Waals surface area contributed by atoms with Crippen molar-refractivity contribution in [2.24, 2.45) is 5.41 Å². The second-order valence-corrected chi connectivity index (χ2v) is 6.40. The highest BCUT2D eigenvalue weighted by Gasteiger charge is 2.36. The molecule has 1 aliphatic heterocycles. The van der Waals surface area contributed by atoms with Gasteiger partial charge in [-0.2, -0.15) is 0 Å². The fourth-order valence-electron chi connectivity index (χ4n) is 2.82. The molecule has 0 saturated heterocycles. The molecule has 2 aliphatic rings. The molecule has 0 bridgehead atoms. The van der Waals surface area contributed by atoms with Gasteiger partial charge in [-0.05, 0) is 18.3 Å². The topological polar surface area (TPSA) is 46.2 Å². The van der Waals surface area contributed by atoms with Crippen molar-refractivity contribution in [1.82, 2.24) is 5.32 Å². The maximum atomic E-state index is 12.2. The molecule has 1 aliphatic carbocycles. The van der Waals surface area contributed by atoms with Gasteiger partial charge in [-0.3, -0.25) is 9.59 Å². The van der Waals surface area contributed by atoms with Gasteiger partial charge in [-0.25, -0.2) is 0 Å². The standard InChI is InChI=1S/C16H23NO2/c1-4-5-6-7-11-8-12-13(17-15(11)19)9-16(2,3)10-14(12)18/h7H,4-6,8-10H2,1-3H3,(H,17,19)/b11-7+. The van der Waals surface area contributed by atoms with Gasteiger partial charge in [0.05, 0.1) is 0 Å². The first-order chi connectivity index (χ1) is 8.93. The fraction of sp³-hybridized carbons (Fsp3) is 0.625. The van der Waals surface area contributed by atoms with Crippen LogP contribution in [-0.4, -0.2) is 11.7 Å². The maximum Gasteiger partial charge on any atom is 0.251 e. The Kier molecular flexibility index (Phi) is 3.93. The van der Waals surface area contributed by atoms with Crippen molar-refractivity contribution < 1.29 is 9.59 Å². The summed E-state index contributed by atoms with van der Waals surface area (Å²) < 4.78 is 0. The Hall–Kier alpha value is -1.38. The average Bonchev–Trinajstić information content (AvgIpc) is 2.29. The Morgan fingerprint density at radius 1 is 1.26 bits per heavy atom. The number of amides is 1. The normalized spacial score (nSPS) is 24.5. The van der Waals surface area contributed by atoms with E-state index >= 15 is 0 Å². The minimum absolute atomic E-state index is 0.0136. The van der Waals surface area contributed by atoms with Crippen LogP contribution in [0.5, 0.6) is 0 Å². The van der Waals surface area contributed by atoms with Gasteiger partial charge in [0.1, 0.15) is 0 Å². The van der Waals surface area contributed by atoms with Crippen LogP contribution in [0.25, 0.3) is 0 Å². The molecule has 0 saturated carbocycles. The molecule has 2 rings (SSSR count). The van der Waals surface area contributed by atoms with Crippen LogP contribution >= 0.6 is 0 Å². The van der Waals surface area contributed by atoms with Crippen molar-refractivity contribution in [3.8, 4) is 0 Å². The molecule has 3 nitrogen and oxygen atoms in total. The Labute approximate surface area is 115 Å². The average molecular weight is 261 g/mol. The van der Waals surface area contributed by atoms with Crippen LogP contribution in [0.2, 0.25) is 0 Å². The number of hydrogen-bond acceptors (Lipinski definition) is 2. The van der Waals surface area contributed by atoms with Crippen LogP contribution < -0.4 is 5.32 Å². The molecule has 0 aromatic carbocycles. The SMILES string of the molecule is CCCC/C=C1\CC2=C(CC(C)(C)CC2=O)NC1=O. The monoisotopic (exact) mass is 261 g/mol. The number of carbonyl (C=O) groups excluding carboxylic acids is 2. The Morgan fingerprint density at radius 2 is 2.00 bits per heavy atom. The molecule has 0 fully saturated rings. The molecule has 0 spiro atoms. The minimum atomic E-state index is -0.0351. The third kappa shape index (κ3) is 3.14. The van der Waals surface area contributed by atoms with Gasteiger partial charge < -0.3 is 5.32 Å². The molecular weight excluding hydrogens is 238 g/mol. The second kappa shape index (κ2) is 5.32. The van der Waals surface area contributed by atoms with E-state index in [1.54, 1.807) is 0 Å². The summed E-state index contributed by atoms with van der Waals surface area (Å²) in [5.74, 6) is 0.188. The van der Waals surface area contributed by atoms with E-state index in [2.05, 4.69) is 26.1 Å². The highest BCUT2D eigenvalue weighted by atomic mass is 16.2. The van der Waals surface area contributed by atoms with Crippen LogP contribution in [0, 0.1) is 5.41 Å². The van der Waals surface area contributed by atoms with E-state index in [1.807, 2.05) is 6.08 Å². The van der Waals surface area contributed by atoms with Gasteiger partial charge in [0.25, 0.3) is 5.91 Å². The van der Waals surface area contributed by atoms with Crippen LogP contribution in [0.3, 0.4) is 0 Å². The summed E-state index contributed by atoms with van der Waals surface area (Å²) in [6, 6.07) is 0. The number of allylic oxidation sites excluding steroid dienone is 3. The minimum Gasteiger partial charge on any atom is -0.326 e. The molecule has 3 heteroatoms. The van der Waals surface area contributed by atoms with Crippen molar-refractivity contribution in [3.63, 3.8) is 0 Å². The zero-order chi connectivity index (χ0) is 14.0. The van der Waals surface area contributed by atoms with E-state index in [1.165, 1.54) is 0 Å². The molecule has 0 aromatic heterocycles. The molecule has 19 heavy (non-hydrogen) atoms. The number of nitrogens with one attached hydrogen (secondary N) is 1. The lowest BCUT2D eigenvalue weighted by molar-refractivity contribution is -0.119. The lowest BCUT2D eigenvalue weighted by Gasteiger charge is -2.35. The number of ketones is 1. The zero-order valence-corrected chi connectivity index (χ0v) is 12.1. The predicted octanol–water partition coefficient (Wildman–Crippen LogP) is 3.27. The predicted molar refractivity (Wildman–Crippen MR) is 75.4 cm³/mol. The lowest BCUT2D eigenvalue weighted by Crippen LogP contribution is -2.38. The van der Waals surface area contributed by atoms with Gasteiger partial charge in [0.2, 0.25) is 0 Å². The maximum absolute atomic E-state index is 12.2. The summed E-state index contributed by atoms with van der Waals surface area (Å²) >= 11 is 0. The van der Waals surface area contributed by atoms with Gasteiger partial charge in [-0.15, -0.1) is 0 Å². The smallest absolute Gasteiger partial charge is 0.251 e. The molecular formula is C16H23NO2. The summed E-state index contributed by atoms with van der Waals surface area (Å²) in [7, 11) is 0. The van der Waals surface area contributed by atoms with E-state index in [0.717, 1.165) is 42.5 Å². The molecule has 1 amide bonds. The van der Waals surface area contributed by atoms with E-state index in [9.17, 15) is 9.59 Å². The number of Topliss-reactive ketones (excluding diaryl/α,β-unsaturated/α-hetero) is 1. The van der Waals surface area contributed by atoms with E-state index in [0.29, 0.717) is 12.8 Å². The number of rotatable bonds is 3. The summed E-state index contributed by atoms with van der Waals surface area (Å²) in [6.45, 7) is 6.29. The first-order valence-corrected chi connectivity index (χ1v) is 7.18. The van der Waals surface area contributed by atoms with Crippen molar-refractivity contribution in [3.05, 3.63) is 22.9 Å². The van der Waals surface area contributed by atoms with Crippen molar-refractivity contribution >= 4 is 11.7 Å². The van der Waals surface area contributed by atoms with Crippen molar-refractivity contribution in [2.45, 2.75) is 59.3 Å². The van der Waals surface area contributed by atoms with Crippen molar-refractivity contribution in [2.75, 3.05) is 0 Å². The third-order valence-electron chi connectivity index (χ3n) is 3.87. The number of carbonyl (C=O) groups is 2. The van der Waals surface area contributed by atoms with Crippen LogP contribution in [-0.2, 0) is 9.59 Å². The largest absolute Gasteiger partial charge is 0.326 e. The van der Waals surface area contributed by atoms with E-state index < -0.39 is 0 Å². The highest BCUT2D eigenvalue weighted by Crippen LogP contribution is 2.39. The van der Waals surface area contributed by atoms with Crippen LogP contribution in [0.15, 0.2) is 22.9 Å². The lowest BCUT2D eigenvalue weighted by atomic mass is 9.73. The first kappa shape index (κ1) is 14.0. The Morgan fingerprint density at radius 3 is 2.68 bits per heavy atom. The third-order valence-corrected chi connectivity index (χ3v) is 3.87. The van der Waals surface area contributed by atoms with E-state index in [4.69, 9.17) is 0 Å². The molecule has 0 radical (unpaired) electrons. The number of hydrogen-bond donors (Lipinski definition) is 1. The highest BCUT2D eigenvalue weighted by molar-refractivity contribution is 6.05. The summed E-state index contributed by atoms with van der Waals surface area (Å²) in [4.78, 5) is 24.2. The van der Waals surface area contributed by atoms with Crippen LogP contribution in [0.4, 0.5) is 0 Å². The quantitative estimate of drug-likeness (QED) is 0.626. The molecule has 0 aromatic rings. The molecule has 1 N–H and O–H groups in total. The van der Waals surface area contributed by atoms with Crippen LogP contribution in [0.1, 0.15) is 59.3 Å². The Balaban J connectivity index is 2.20. The van der Waals surface area contributed by atoms with Gasteiger partial charge >= 0.3 is 0 Å². The summed E-state index contributed by atoms with van der Waals surface area (Å²) in [5, 5.41) is 2.93. The first-order valence-electron chi connectivity index (χ1n) is 7.18. The molecule has 0 unspecified atom stereocenters. The summed E-state index contributed by atoms with van der Waals surface area (Å²) in [5.41, 5.74) is 2.42. The van der Waals surface area contributed by atoms with Crippen molar-refractivity contribution in [1.29, 1.82) is 0 Å². The van der Waals surface area contributed by atoms with Gasteiger partial charge in [0, 0.05) is 29.7 Å². The van der Waals surface area contributed by atoms with E-state index in [-0.39, 0.29) is 17.1 Å². The second-order valence-electron chi connectivity index (χ2n) is 6.40. The fourth-order valence-corrected chi connectivity index (χ4v) is 2.82. The number of unbranched alkanes of at least 4 members (excludes halogenated alkanes) is 2. The van der Waals surface area contributed by atoms with Gasteiger partial charge in [0.15, 0.2) is 5.78 Å². The molecule has 0 atom stereocenters.